The molecule has 26 heavy (non-hydrogen) atoms. The van der Waals surface area contributed by atoms with Gasteiger partial charge in [-0.3, -0.25) is 9.78 Å². The number of benzene rings is 1. The number of carboxylic acids is 1. The van der Waals surface area contributed by atoms with Crippen molar-refractivity contribution in [2.45, 2.75) is 0 Å². The summed E-state index contributed by atoms with van der Waals surface area (Å²) in [6, 6.07) is 12.2. The number of aromatic nitrogens is 3. The summed E-state index contributed by atoms with van der Waals surface area (Å²) in [5.41, 5.74) is 1.62. The molecule has 3 rings (SSSR count). The van der Waals surface area contributed by atoms with E-state index in [1.807, 2.05) is 6.07 Å². The van der Waals surface area contributed by atoms with E-state index >= 15 is 0 Å². The number of anilines is 3. The molecule has 1 aromatic carbocycles. The molecular weight excluding hydrogens is 377 g/mol. The molecule has 0 radical (unpaired) electrons. The number of carbonyl (C=O) groups is 1. The molecule has 0 atom stereocenters. The van der Waals surface area contributed by atoms with Gasteiger partial charge >= 0.3 is 5.97 Å². The number of nitrogens with zero attached hydrogens (tertiary/aromatic N) is 3. The fourth-order valence-corrected chi connectivity index (χ4v) is 2.63. The molecule has 0 saturated heterocycles. The monoisotopic (exact) mass is 389 g/mol. The summed E-state index contributed by atoms with van der Waals surface area (Å²) >= 11 is 12.4. The number of halogens is 2. The molecule has 0 unspecified atom stereocenters. The van der Waals surface area contributed by atoms with Gasteiger partial charge in [0.05, 0.1) is 27.1 Å². The van der Waals surface area contributed by atoms with Crippen molar-refractivity contribution >= 4 is 46.6 Å². The number of para-hydroxylation sites is 1. The van der Waals surface area contributed by atoms with Crippen molar-refractivity contribution in [2.24, 2.45) is 0 Å². The molecule has 0 aliphatic rings. The van der Waals surface area contributed by atoms with Crippen LogP contribution in [0, 0.1) is 0 Å². The summed E-state index contributed by atoms with van der Waals surface area (Å²) < 4.78 is 0. The van der Waals surface area contributed by atoms with Crippen LogP contribution in [0.2, 0.25) is 10.0 Å². The Hall–Kier alpha value is -2.90. The number of aliphatic carboxylic acids is 1. The van der Waals surface area contributed by atoms with Gasteiger partial charge in [0.2, 0.25) is 5.95 Å². The average molecular weight is 390 g/mol. The third-order valence-electron chi connectivity index (χ3n) is 3.27. The first-order chi connectivity index (χ1) is 12.5. The quantitative estimate of drug-likeness (QED) is 0.583. The number of hydrogen-bond acceptors (Lipinski definition) is 6. The summed E-state index contributed by atoms with van der Waals surface area (Å²) in [4.78, 5) is 23.6. The van der Waals surface area contributed by atoms with Gasteiger partial charge in [-0.1, -0.05) is 35.3 Å². The molecule has 7 nitrogen and oxygen atoms in total. The van der Waals surface area contributed by atoms with E-state index in [1.165, 1.54) is 0 Å². The second-order valence-corrected chi connectivity index (χ2v) is 5.96. The molecule has 0 amide bonds. The lowest BCUT2D eigenvalue weighted by Crippen LogP contribution is -2.15. The van der Waals surface area contributed by atoms with Gasteiger partial charge in [0.15, 0.2) is 0 Å². The summed E-state index contributed by atoms with van der Waals surface area (Å²) in [5.74, 6) is -0.495. The highest BCUT2D eigenvalue weighted by molar-refractivity contribution is 6.39. The van der Waals surface area contributed by atoms with Crippen molar-refractivity contribution in [2.75, 3.05) is 17.2 Å². The van der Waals surface area contributed by atoms with Gasteiger partial charge in [0, 0.05) is 12.3 Å². The molecule has 0 fully saturated rings. The first kappa shape index (κ1) is 17.9. The maximum Gasteiger partial charge on any atom is 0.322 e. The predicted octanol–water partition coefficient (Wildman–Crippen LogP) is 4.09. The topological polar surface area (TPSA) is 100 Å². The Morgan fingerprint density at radius 1 is 1.04 bits per heavy atom. The lowest BCUT2D eigenvalue weighted by Gasteiger charge is -2.12. The summed E-state index contributed by atoms with van der Waals surface area (Å²) in [6.45, 7) is -0.321. The van der Waals surface area contributed by atoms with Gasteiger partial charge in [-0.2, -0.15) is 4.98 Å². The number of pyridine rings is 1. The highest BCUT2D eigenvalue weighted by atomic mass is 35.5. The zero-order valence-corrected chi connectivity index (χ0v) is 14.8. The fraction of sp³-hybridized carbons (Fsp3) is 0.0588. The van der Waals surface area contributed by atoms with Crippen LogP contribution in [0.1, 0.15) is 0 Å². The highest BCUT2D eigenvalue weighted by Gasteiger charge is 2.11. The SMILES string of the molecule is O=C(O)CNc1nc(Nc2c(Cl)cccc2Cl)cc(-c2ccccn2)n1. The second kappa shape index (κ2) is 7.99. The second-order valence-electron chi connectivity index (χ2n) is 5.15. The van der Waals surface area contributed by atoms with E-state index < -0.39 is 5.97 Å². The number of nitrogens with one attached hydrogen (secondary N) is 2. The van der Waals surface area contributed by atoms with Gasteiger partial charge in [0.25, 0.3) is 0 Å². The van der Waals surface area contributed by atoms with E-state index in [4.69, 9.17) is 28.3 Å². The van der Waals surface area contributed by atoms with Crippen LogP contribution < -0.4 is 10.6 Å². The van der Waals surface area contributed by atoms with Crippen molar-refractivity contribution in [3.63, 3.8) is 0 Å². The van der Waals surface area contributed by atoms with E-state index in [9.17, 15) is 4.79 Å². The predicted molar refractivity (Wildman–Crippen MR) is 101 cm³/mol. The van der Waals surface area contributed by atoms with E-state index in [1.54, 1.807) is 42.6 Å². The number of rotatable bonds is 6. The normalized spacial score (nSPS) is 10.4. The van der Waals surface area contributed by atoms with Crippen LogP contribution in [0.25, 0.3) is 11.4 Å². The molecule has 0 spiro atoms. The van der Waals surface area contributed by atoms with Crippen molar-refractivity contribution in [3.8, 4) is 11.4 Å². The van der Waals surface area contributed by atoms with Gasteiger partial charge in [-0.15, -0.1) is 0 Å². The molecular formula is C17H13Cl2N5O2. The standard InChI is InChI=1S/C17H13Cl2N5O2/c18-10-4-3-5-11(19)16(10)23-14-8-13(12-6-1-2-7-20-12)22-17(24-14)21-9-15(25)26/h1-8H,9H2,(H,25,26)(H2,21,22,23,24). The highest BCUT2D eigenvalue weighted by Crippen LogP contribution is 2.33. The molecule has 3 aromatic rings. The van der Waals surface area contributed by atoms with Crippen LogP contribution in [-0.2, 0) is 4.79 Å². The van der Waals surface area contributed by atoms with Gasteiger partial charge in [-0.05, 0) is 24.3 Å². The maximum absolute atomic E-state index is 10.8. The van der Waals surface area contributed by atoms with Crippen LogP contribution in [0.5, 0.6) is 0 Å². The molecule has 2 aromatic heterocycles. The maximum atomic E-state index is 10.8. The summed E-state index contributed by atoms with van der Waals surface area (Å²) in [6.07, 6.45) is 1.64. The minimum Gasteiger partial charge on any atom is -0.480 e. The van der Waals surface area contributed by atoms with Crippen LogP contribution in [0.15, 0.2) is 48.7 Å². The zero-order chi connectivity index (χ0) is 18.5. The van der Waals surface area contributed by atoms with E-state index in [2.05, 4.69) is 25.6 Å². The van der Waals surface area contributed by atoms with Gasteiger partial charge < -0.3 is 15.7 Å². The summed E-state index contributed by atoms with van der Waals surface area (Å²) in [7, 11) is 0. The van der Waals surface area contributed by atoms with E-state index in [-0.39, 0.29) is 12.5 Å². The Balaban J connectivity index is 2.00. The molecule has 132 valence electrons. The van der Waals surface area contributed by atoms with Crippen molar-refractivity contribution in [1.29, 1.82) is 0 Å². The van der Waals surface area contributed by atoms with Crippen LogP contribution >= 0.6 is 23.2 Å². The van der Waals surface area contributed by atoms with Gasteiger partial charge in [0.1, 0.15) is 12.4 Å². The van der Waals surface area contributed by atoms with Crippen molar-refractivity contribution in [3.05, 3.63) is 58.7 Å². The van der Waals surface area contributed by atoms with E-state index in [0.717, 1.165) is 0 Å². The molecule has 0 saturated carbocycles. The minimum atomic E-state index is -1.03. The Bertz CT molecular complexity index is 917. The molecule has 0 aliphatic carbocycles. The summed E-state index contributed by atoms with van der Waals surface area (Å²) in [5, 5.41) is 15.4. The molecule has 0 bridgehead atoms. The van der Waals surface area contributed by atoms with Gasteiger partial charge in [-0.25, -0.2) is 4.98 Å². The molecule has 0 aliphatic heterocycles. The van der Waals surface area contributed by atoms with Crippen LogP contribution in [0.4, 0.5) is 17.5 Å². The minimum absolute atomic E-state index is 0.140. The number of hydrogen-bond donors (Lipinski definition) is 3. The third kappa shape index (κ3) is 4.38. The van der Waals surface area contributed by atoms with Crippen molar-refractivity contribution < 1.29 is 9.90 Å². The smallest absolute Gasteiger partial charge is 0.322 e. The Morgan fingerprint density at radius 3 is 2.46 bits per heavy atom. The molecule has 3 N–H and O–H groups in total. The average Bonchev–Trinajstić information content (AvgIpc) is 2.64. The molecule has 2 heterocycles. The van der Waals surface area contributed by atoms with Crippen LogP contribution in [0.3, 0.4) is 0 Å². The number of carboxylic acid groups (broad SMARTS) is 1. The third-order valence-corrected chi connectivity index (χ3v) is 3.90. The fourth-order valence-electron chi connectivity index (χ4n) is 2.14. The van der Waals surface area contributed by atoms with Crippen LogP contribution in [-0.4, -0.2) is 32.6 Å². The lowest BCUT2D eigenvalue weighted by atomic mass is 10.2. The lowest BCUT2D eigenvalue weighted by molar-refractivity contribution is -0.134. The van der Waals surface area contributed by atoms with E-state index in [0.29, 0.717) is 32.9 Å². The molecule has 9 heteroatoms. The Morgan fingerprint density at radius 2 is 1.81 bits per heavy atom. The first-order valence-corrected chi connectivity index (χ1v) is 8.26. The Labute approximate surface area is 159 Å². The Kier molecular flexibility index (Phi) is 5.50. The first-order valence-electron chi connectivity index (χ1n) is 7.50. The largest absolute Gasteiger partial charge is 0.480 e. The van der Waals surface area contributed by atoms with Crippen molar-refractivity contribution in [1.82, 2.24) is 15.0 Å². The zero-order valence-electron chi connectivity index (χ0n) is 13.3.